The van der Waals surface area contributed by atoms with E-state index in [2.05, 4.69) is 112 Å². The summed E-state index contributed by atoms with van der Waals surface area (Å²) in [5, 5.41) is 0. The molecule has 0 fully saturated rings. The number of nitrogens with zero attached hydrogens (tertiary/aromatic N) is 2. The summed E-state index contributed by atoms with van der Waals surface area (Å²) in [5.74, 6) is 20.8. The van der Waals surface area contributed by atoms with Gasteiger partial charge in [0.2, 0.25) is 0 Å². The second kappa shape index (κ2) is 64.4. The fourth-order valence-electron chi connectivity index (χ4n) is 11.5. The number of hydrogen-bond donors (Lipinski definition) is 0. The topological polar surface area (TPSA) is 24.7 Å². The molecule has 0 radical (unpaired) electrons. The molecule has 0 aromatic heterocycles. The molecule has 0 spiro atoms. The van der Waals surface area contributed by atoms with Gasteiger partial charge >= 0.3 is 0 Å². The summed E-state index contributed by atoms with van der Waals surface area (Å²) in [6.45, 7) is 9.14. The third-order valence-electron chi connectivity index (χ3n) is 17.2. The molecule has 2 aromatic carbocycles. The van der Waals surface area contributed by atoms with E-state index in [4.69, 9.17) is 9.98 Å². The molecule has 2 nitrogen and oxygen atoms in total. The summed E-state index contributed by atoms with van der Waals surface area (Å²) >= 11 is 0. The molecule has 0 aliphatic carbocycles. The Morgan fingerprint density at radius 2 is 0.488 bits per heavy atom. The Morgan fingerprint density at radius 1 is 0.262 bits per heavy atom. The van der Waals surface area contributed by atoms with Crippen LogP contribution >= 0.6 is 0 Å². The normalized spacial score (nSPS) is 11.4. The van der Waals surface area contributed by atoms with E-state index in [0.717, 1.165) is 78.9 Å². The van der Waals surface area contributed by atoms with Gasteiger partial charge in [0.1, 0.15) is 5.71 Å². The van der Waals surface area contributed by atoms with Crippen LogP contribution in [0.4, 0.5) is 11.4 Å². The Bertz CT molecular complexity index is 1960. The molecule has 0 atom stereocenters. The Balaban J connectivity index is 0.0000353. The van der Waals surface area contributed by atoms with Crippen LogP contribution < -0.4 is 0 Å². The Kier molecular flexibility index (Phi) is 60.6. The van der Waals surface area contributed by atoms with Crippen molar-refractivity contribution in [2.24, 2.45) is 9.98 Å². The van der Waals surface area contributed by atoms with Crippen molar-refractivity contribution >= 4 is 22.8 Å². The minimum atomic E-state index is 0. The van der Waals surface area contributed by atoms with Crippen molar-refractivity contribution < 1.29 is 16.5 Å². The van der Waals surface area contributed by atoms with Crippen LogP contribution in [-0.4, -0.2) is 11.4 Å². The van der Waals surface area contributed by atoms with Crippen LogP contribution in [0.15, 0.2) is 58.5 Å². The first-order chi connectivity index (χ1) is 41.2. The van der Waals surface area contributed by atoms with E-state index in [1.807, 2.05) is 0 Å². The van der Waals surface area contributed by atoms with Gasteiger partial charge in [0.25, 0.3) is 0 Å². The monoisotopic (exact) mass is 1190 g/mol. The average Bonchev–Trinajstić information content (AvgIpc) is 3.50. The molecule has 2 rings (SSSR count). The molecule has 0 saturated carbocycles. The van der Waals surface area contributed by atoms with E-state index in [1.165, 1.54) is 321 Å². The maximum Gasteiger partial charge on any atom is 0.135 e. The molecule has 2 aromatic rings. The Hall–Kier alpha value is -3.05. The van der Waals surface area contributed by atoms with Gasteiger partial charge in [0.15, 0.2) is 0 Å². The van der Waals surface area contributed by atoms with Gasteiger partial charge in [0, 0.05) is 46.9 Å². The predicted octanol–water partition coefficient (Wildman–Crippen LogP) is 27.6. The molecule has 0 aliphatic rings. The van der Waals surface area contributed by atoms with Crippen LogP contribution in [0.2, 0.25) is 0 Å². The molecule has 0 unspecified atom stereocenters. The average molecular weight is 1190 g/mol. The molecule has 0 heterocycles. The zero-order valence-electron chi connectivity index (χ0n) is 56.1. The van der Waals surface area contributed by atoms with Crippen LogP contribution in [0.3, 0.4) is 0 Å². The van der Waals surface area contributed by atoms with Crippen molar-refractivity contribution in [2.75, 3.05) is 0 Å². The summed E-state index contributed by atoms with van der Waals surface area (Å²) < 4.78 is 0. The quantitative estimate of drug-likeness (QED) is 0.0273. The second-order valence-electron chi connectivity index (χ2n) is 25.3. The summed E-state index contributed by atoms with van der Waals surface area (Å²) in [7, 11) is 0. The molecular formula is C81H134N2Ni. The van der Waals surface area contributed by atoms with Crippen LogP contribution in [0.25, 0.3) is 0 Å². The minimum absolute atomic E-state index is 0. The number of hydrogen-bond acceptors (Lipinski definition) is 2. The minimum Gasteiger partial charge on any atom is -0.251 e. The zero-order valence-corrected chi connectivity index (χ0v) is 57.1. The number of aliphatic imine (C=N–C) groups is 2. The van der Waals surface area contributed by atoms with Gasteiger partial charge in [-0.3, -0.25) is 4.99 Å². The molecular weight excluding hydrogens is 1060 g/mol. The van der Waals surface area contributed by atoms with Gasteiger partial charge in [-0.1, -0.05) is 372 Å². The second-order valence-corrected chi connectivity index (χ2v) is 25.3. The predicted molar refractivity (Wildman–Crippen MR) is 374 cm³/mol. The SMILES string of the molecule is CCCCCCCC#CC(=Nc1ccc(C#CCCCCCCCCCCCCCCCCCCCCCCCCC)cc1)C(CCCC)=Nc1ccc(C#CCCCCCCCCCCCCCCCCCCCCCCCCC)cc1.[Ni]. The van der Waals surface area contributed by atoms with Crippen molar-refractivity contribution in [1.82, 2.24) is 0 Å². The Labute approximate surface area is 535 Å². The third-order valence-corrected chi connectivity index (χ3v) is 17.2. The Morgan fingerprint density at radius 3 is 0.750 bits per heavy atom. The van der Waals surface area contributed by atoms with Crippen LogP contribution in [0, 0.1) is 35.5 Å². The first kappa shape index (κ1) is 79.0. The molecule has 0 aliphatic heterocycles. The molecule has 478 valence electrons. The molecule has 0 N–H and O–H groups in total. The van der Waals surface area contributed by atoms with Gasteiger partial charge in [-0.2, -0.15) is 0 Å². The van der Waals surface area contributed by atoms with Crippen molar-refractivity contribution in [3.05, 3.63) is 59.7 Å². The maximum atomic E-state index is 5.22. The summed E-state index contributed by atoms with van der Waals surface area (Å²) in [5.41, 5.74) is 5.75. The largest absolute Gasteiger partial charge is 0.251 e. The van der Waals surface area contributed by atoms with E-state index < -0.39 is 0 Å². The fourth-order valence-corrected chi connectivity index (χ4v) is 11.5. The maximum absolute atomic E-state index is 5.22. The van der Waals surface area contributed by atoms with Crippen LogP contribution in [0.1, 0.15) is 405 Å². The third kappa shape index (κ3) is 52.1. The number of benzene rings is 2. The van der Waals surface area contributed by atoms with Crippen LogP contribution in [0.5, 0.6) is 0 Å². The van der Waals surface area contributed by atoms with Crippen molar-refractivity contribution in [2.45, 2.75) is 394 Å². The summed E-state index contributed by atoms with van der Waals surface area (Å²) in [4.78, 5) is 10.4. The van der Waals surface area contributed by atoms with Gasteiger partial charge in [-0.05, 0) is 86.6 Å². The standard InChI is InChI=1S/C81H134N2.Ni/c1-5-9-13-16-19-21-23-25-27-29-31-33-35-37-39-41-43-45-47-49-51-53-56-58-61-64-76-68-72-78(73-69-76)82-80(66-12-8-4)81(67-63-60-55-18-15-11-7-3)83-79-74-70-77(71-75-79)65-62-59-57-54-52-50-48-46-44-42-40-38-36-34-32-30-28-26-24-22-20-17-14-10-6-2;/h68-75H,5-60,66H2,1-4H3;. The molecule has 3 heteroatoms. The molecule has 84 heavy (non-hydrogen) atoms. The van der Waals surface area contributed by atoms with Gasteiger partial charge in [-0.25, -0.2) is 4.99 Å². The van der Waals surface area contributed by atoms with Crippen molar-refractivity contribution in [3.8, 4) is 35.5 Å². The van der Waals surface area contributed by atoms with Crippen LogP contribution in [-0.2, 0) is 16.5 Å². The number of rotatable bonds is 57. The summed E-state index contributed by atoms with van der Waals surface area (Å²) in [6, 6.07) is 16.9. The van der Waals surface area contributed by atoms with E-state index >= 15 is 0 Å². The molecule has 0 saturated heterocycles. The zero-order chi connectivity index (χ0) is 59.1. The van der Waals surface area contributed by atoms with Crippen molar-refractivity contribution in [3.63, 3.8) is 0 Å². The fraction of sp³-hybridized carbons (Fsp3) is 0.753. The number of unbranched alkanes of at least 4 members (excludes halogenated alkanes) is 52. The van der Waals surface area contributed by atoms with Gasteiger partial charge in [-0.15, -0.1) is 0 Å². The molecule has 0 amide bonds. The smallest absolute Gasteiger partial charge is 0.135 e. The van der Waals surface area contributed by atoms with Gasteiger partial charge < -0.3 is 0 Å². The van der Waals surface area contributed by atoms with E-state index in [1.54, 1.807) is 0 Å². The van der Waals surface area contributed by atoms with Gasteiger partial charge in [0.05, 0.1) is 17.1 Å². The summed E-state index contributed by atoms with van der Waals surface area (Å²) in [6.07, 6.45) is 77.5. The van der Waals surface area contributed by atoms with E-state index in [-0.39, 0.29) is 16.5 Å². The first-order valence-corrected chi connectivity index (χ1v) is 37.0. The molecule has 0 bridgehead atoms. The van der Waals surface area contributed by atoms with E-state index in [9.17, 15) is 0 Å². The van der Waals surface area contributed by atoms with E-state index in [0.29, 0.717) is 0 Å². The van der Waals surface area contributed by atoms with Crippen molar-refractivity contribution in [1.29, 1.82) is 0 Å². The first-order valence-electron chi connectivity index (χ1n) is 37.0.